The van der Waals surface area contributed by atoms with Gasteiger partial charge in [0.15, 0.2) is 0 Å². The van der Waals surface area contributed by atoms with E-state index in [1.165, 1.54) is 18.3 Å². The zero-order valence-electron chi connectivity index (χ0n) is 14.7. The van der Waals surface area contributed by atoms with Gasteiger partial charge < -0.3 is 10.5 Å². The number of rotatable bonds is 5. The topological polar surface area (TPSA) is 91.0 Å². The fourth-order valence-electron chi connectivity index (χ4n) is 2.38. The van der Waals surface area contributed by atoms with Crippen molar-refractivity contribution in [1.82, 2.24) is 15.0 Å². The Labute approximate surface area is 158 Å². The molecule has 6 nitrogen and oxygen atoms in total. The van der Waals surface area contributed by atoms with Crippen molar-refractivity contribution in [2.45, 2.75) is 19.7 Å². The molecule has 0 aliphatic heterocycles. The molecule has 0 saturated heterocycles. The Morgan fingerprint density at radius 1 is 1.07 bits per heavy atom. The van der Waals surface area contributed by atoms with Crippen molar-refractivity contribution in [3.63, 3.8) is 0 Å². The van der Waals surface area contributed by atoms with Crippen molar-refractivity contribution >= 4 is 5.91 Å². The van der Waals surface area contributed by atoms with Gasteiger partial charge in [-0.1, -0.05) is 12.1 Å². The van der Waals surface area contributed by atoms with Gasteiger partial charge in [-0.3, -0.25) is 14.8 Å². The number of hydrogen-bond donors (Lipinski definition) is 1. The van der Waals surface area contributed by atoms with Gasteiger partial charge in [0.05, 0.1) is 6.20 Å². The Morgan fingerprint density at radius 3 is 2.43 bits per heavy atom. The maximum Gasteiger partial charge on any atom is 0.433 e. The zero-order chi connectivity index (χ0) is 20.3. The number of aromatic nitrogens is 3. The number of ether oxygens (including phenoxy) is 1. The number of pyridine rings is 3. The number of aryl methyl sites for hydroxylation is 1. The van der Waals surface area contributed by atoms with Crippen molar-refractivity contribution in [1.29, 1.82) is 0 Å². The molecular weight excluding hydrogens is 373 g/mol. The third-order valence-electron chi connectivity index (χ3n) is 3.85. The van der Waals surface area contributed by atoms with E-state index in [2.05, 4.69) is 15.0 Å². The van der Waals surface area contributed by atoms with Gasteiger partial charge in [0.2, 0.25) is 0 Å². The Bertz CT molecular complexity index is 988. The number of carbonyl (C=O) groups excluding carboxylic acids is 1. The van der Waals surface area contributed by atoms with E-state index in [1.54, 1.807) is 6.20 Å². The first-order valence-electron chi connectivity index (χ1n) is 8.12. The zero-order valence-corrected chi connectivity index (χ0v) is 14.7. The van der Waals surface area contributed by atoms with E-state index >= 15 is 0 Å². The van der Waals surface area contributed by atoms with Gasteiger partial charge in [-0.15, -0.1) is 0 Å². The van der Waals surface area contributed by atoms with E-state index < -0.39 is 17.8 Å². The van der Waals surface area contributed by atoms with Crippen LogP contribution < -0.4 is 10.5 Å². The summed E-state index contributed by atoms with van der Waals surface area (Å²) in [7, 11) is 0. The first kappa shape index (κ1) is 19.3. The quantitative estimate of drug-likeness (QED) is 0.722. The number of amides is 1. The van der Waals surface area contributed by atoms with Crippen molar-refractivity contribution in [3.8, 4) is 16.9 Å². The second-order valence-electron chi connectivity index (χ2n) is 5.96. The average molecular weight is 388 g/mol. The van der Waals surface area contributed by atoms with Gasteiger partial charge in [0.1, 0.15) is 23.7 Å². The SMILES string of the molecule is Cc1ccc(COc2cnc(C(N)=O)cc2-c2ccc(C(F)(F)F)nc2)cn1. The fraction of sp³-hybridized carbons (Fsp3) is 0.158. The van der Waals surface area contributed by atoms with E-state index in [0.717, 1.165) is 23.5 Å². The summed E-state index contributed by atoms with van der Waals surface area (Å²) in [5.74, 6) is -0.498. The number of primary amides is 1. The summed E-state index contributed by atoms with van der Waals surface area (Å²) in [5.41, 5.74) is 6.52. The van der Waals surface area contributed by atoms with Crippen LogP contribution in [0.2, 0.25) is 0 Å². The van der Waals surface area contributed by atoms with Crippen LogP contribution in [-0.4, -0.2) is 20.9 Å². The largest absolute Gasteiger partial charge is 0.487 e. The molecule has 9 heteroatoms. The smallest absolute Gasteiger partial charge is 0.433 e. The first-order chi connectivity index (χ1) is 13.2. The van der Waals surface area contributed by atoms with Crippen LogP contribution in [0.4, 0.5) is 13.2 Å². The minimum absolute atomic E-state index is 0.0424. The molecule has 28 heavy (non-hydrogen) atoms. The van der Waals surface area contributed by atoms with Gasteiger partial charge in [-0.05, 0) is 25.1 Å². The molecule has 0 bridgehead atoms. The molecule has 144 valence electrons. The molecule has 0 aromatic carbocycles. The fourth-order valence-corrected chi connectivity index (χ4v) is 2.38. The molecule has 0 unspecified atom stereocenters. The van der Waals surface area contributed by atoms with Crippen LogP contribution in [0.15, 0.2) is 48.9 Å². The van der Waals surface area contributed by atoms with Crippen molar-refractivity contribution < 1.29 is 22.7 Å². The van der Waals surface area contributed by atoms with Crippen LogP contribution in [0, 0.1) is 6.92 Å². The van der Waals surface area contributed by atoms with Gasteiger partial charge in [-0.25, -0.2) is 4.98 Å². The summed E-state index contributed by atoms with van der Waals surface area (Å²) < 4.78 is 44.0. The lowest BCUT2D eigenvalue weighted by atomic mass is 10.1. The van der Waals surface area contributed by atoms with Crippen molar-refractivity contribution in [2.75, 3.05) is 0 Å². The third kappa shape index (κ3) is 4.43. The Morgan fingerprint density at radius 2 is 1.86 bits per heavy atom. The lowest BCUT2D eigenvalue weighted by Gasteiger charge is -2.13. The summed E-state index contributed by atoms with van der Waals surface area (Å²) in [6.07, 6.45) is -0.537. The summed E-state index contributed by atoms with van der Waals surface area (Å²) in [6, 6.07) is 7.12. The maximum atomic E-state index is 12.7. The first-order valence-corrected chi connectivity index (χ1v) is 8.12. The van der Waals surface area contributed by atoms with E-state index in [9.17, 15) is 18.0 Å². The Kier molecular flexibility index (Phi) is 5.25. The number of halogens is 3. The highest BCUT2D eigenvalue weighted by atomic mass is 19.4. The third-order valence-corrected chi connectivity index (χ3v) is 3.85. The summed E-state index contributed by atoms with van der Waals surface area (Å²) in [6.45, 7) is 2.01. The van der Waals surface area contributed by atoms with E-state index in [1.807, 2.05) is 19.1 Å². The van der Waals surface area contributed by atoms with E-state index in [-0.39, 0.29) is 18.1 Å². The standard InChI is InChI=1S/C19H15F3N4O2/c1-11-2-3-12(7-24-11)10-28-16-9-25-15(18(23)27)6-14(16)13-4-5-17(26-8-13)19(20,21)22/h2-9H,10H2,1H3,(H2,23,27). The summed E-state index contributed by atoms with van der Waals surface area (Å²) >= 11 is 0. The molecule has 0 fully saturated rings. The van der Waals surface area contributed by atoms with Crippen LogP contribution in [0.1, 0.15) is 27.4 Å². The summed E-state index contributed by atoms with van der Waals surface area (Å²) in [4.78, 5) is 23.0. The lowest BCUT2D eigenvalue weighted by Crippen LogP contribution is -2.13. The highest BCUT2D eigenvalue weighted by molar-refractivity contribution is 5.92. The van der Waals surface area contributed by atoms with Crippen LogP contribution in [0.25, 0.3) is 11.1 Å². The number of nitrogens with zero attached hydrogens (tertiary/aromatic N) is 3. The molecule has 0 aliphatic carbocycles. The van der Waals surface area contributed by atoms with Crippen LogP contribution in [0.3, 0.4) is 0 Å². The minimum atomic E-state index is -4.55. The van der Waals surface area contributed by atoms with Crippen LogP contribution in [-0.2, 0) is 12.8 Å². The van der Waals surface area contributed by atoms with Crippen molar-refractivity contribution in [2.24, 2.45) is 5.73 Å². The maximum absolute atomic E-state index is 12.7. The van der Waals surface area contributed by atoms with Gasteiger partial charge in [0.25, 0.3) is 5.91 Å². The number of hydrogen-bond acceptors (Lipinski definition) is 5. The molecule has 3 rings (SSSR count). The molecule has 0 atom stereocenters. The molecule has 1 amide bonds. The Balaban J connectivity index is 1.94. The number of alkyl halides is 3. The molecular formula is C19H15F3N4O2. The van der Waals surface area contributed by atoms with Crippen LogP contribution in [0.5, 0.6) is 5.75 Å². The van der Waals surface area contributed by atoms with Crippen LogP contribution >= 0.6 is 0 Å². The molecule has 2 N–H and O–H groups in total. The number of nitrogens with two attached hydrogens (primary N) is 1. The minimum Gasteiger partial charge on any atom is -0.487 e. The van der Waals surface area contributed by atoms with Gasteiger partial charge in [0, 0.05) is 34.8 Å². The van der Waals surface area contributed by atoms with E-state index in [0.29, 0.717) is 11.1 Å². The van der Waals surface area contributed by atoms with Gasteiger partial charge in [-0.2, -0.15) is 13.2 Å². The Hall–Kier alpha value is -3.49. The monoisotopic (exact) mass is 388 g/mol. The highest BCUT2D eigenvalue weighted by Gasteiger charge is 2.32. The van der Waals surface area contributed by atoms with E-state index in [4.69, 9.17) is 10.5 Å². The molecule has 0 spiro atoms. The molecule has 0 saturated carbocycles. The second-order valence-corrected chi connectivity index (χ2v) is 5.96. The average Bonchev–Trinajstić information content (AvgIpc) is 2.67. The highest BCUT2D eigenvalue weighted by Crippen LogP contribution is 2.33. The van der Waals surface area contributed by atoms with Gasteiger partial charge >= 0.3 is 6.18 Å². The molecule has 0 aliphatic rings. The molecule has 3 aromatic rings. The number of carbonyl (C=O) groups is 1. The molecule has 3 heterocycles. The summed E-state index contributed by atoms with van der Waals surface area (Å²) in [5, 5.41) is 0. The molecule has 0 radical (unpaired) electrons. The predicted octanol–water partition coefficient (Wildman–Crippen LogP) is 3.54. The predicted molar refractivity (Wildman–Crippen MR) is 94.3 cm³/mol. The van der Waals surface area contributed by atoms with Crippen molar-refractivity contribution in [3.05, 3.63) is 71.6 Å². The molecule has 3 aromatic heterocycles. The second kappa shape index (κ2) is 7.63. The normalized spacial score (nSPS) is 11.3. The lowest BCUT2D eigenvalue weighted by molar-refractivity contribution is -0.141.